The number of fused-ring (bicyclic) bond motifs is 4. The van der Waals surface area contributed by atoms with Crippen LogP contribution in [0, 0.1) is 6.92 Å². The van der Waals surface area contributed by atoms with Crippen LogP contribution < -0.4 is 14.2 Å². The van der Waals surface area contributed by atoms with E-state index in [0.717, 1.165) is 46.6 Å². The fourth-order valence-electron chi connectivity index (χ4n) is 5.01. The van der Waals surface area contributed by atoms with E-state index in [9.17, 15) is 4.79 Å². The Morgan fingerprint density at radius 1 is 1.08 bits per heavy atom. The number of rotatable bonds is 5. The van der Waals surface area contributed by atoms with E-state index >= 15 is 0 Å². The van der Waals surface area contributed by atoms with Crippen LogP contribution in [0.2, 0.25) is 0 Å². The lowest BCUT2D eigenvalue weighted by Crippen LogP contribution is -2.31. The molecule has 0 unspecified atom stereocenters. The summed E-state index contributed by atoms with van der Waals surface area (Å²) in [6.07, 6.45) is 3.90. The molecule has 0 saturated carbocycles. The van der Waals surface area contributed by atoms with Crippen molar-refractivity contribution < 1.29 is 19.0 Å². The highest BCUT2D eigenvalue weighted by molar-refractivity contribution is 6.15. The zero-order chi connectivity index (χ0) is 24.8. The van der Waals surface area contributed by atoms with Crippen molar-refractivity contribution in [3.63, 3.8) is 0 Å². The number of carbonyl (C=O) groups is 1. The summed E-state index contributed by atoms with van der Waals surface area (Å²) in [5.41, 5.74) is 5.97. The maximum Gasteiger partial charge on any atom is 0.231 e. The molecule has 3 heterocycles. The third-order valence-electron chi connectivity index (χ3n) is 6.96. The van der Waals surface area contributed by atoms with Gasteiger partial charge in [-0.3, -0.25) is 9.69 Å². The van der Waals surface area contributed by atoms with Gasteiger partial charge in [0.15, 0.2) is 5.76 Å². The molecule has 4 aromatic rings. The fourth-order valence-corrected chi connectivity index (χ4v) is 5.01. The van der Waals surface area contributed by atoms with Gasteiger partial charge in [0.25, 0.3) is 0 Å². The zero-order valence-electron chi connectivity index (χ0n) is 20.7. The second kappa shape index (κ2) is 8.88. The molecule has 0 saturated heterocycles. The van der Waals surface area contributed by atoms with Crippen molar-refractivity contribution in [2.75, 3.05) is 13.8 Å². The molecule has 0 aliphatic carbocycles. The lowest BCUT2D eigenvalue weighted by Gasteiger charge is -2.29. The number of nitrogens with zero attached hydrogens (tertiary/aromatic N) is 2. The maximum absolute atomic E-state index is 13.3. The summed E-state index contributed by atoms with van der Waals surface area (Å²) in [4.78, 5) is 15.6. The maximum atomic E-state index is 13.3. The van der Waals surface area contributed by atoms with Crippen LogP contribution in [-0.2, 0) is 19.6 Å². The van der Waals surface area contributed by atoms with Gasteiger partial charge in [0.2, 0.25) is 5.78 Å². The Morgan fingerprint density at radius 3 is 2.69 bits per heavy atom. The standard InChI is InChI=1S/C30H28N2O4/c1-4-32-16-21(24-14-22(34-3)9-11-26(24)32)13-28-29(33)23-10-12-27-25(30(23)36-28)17-31(18-35-27)15-20-7-5-19(2)6-8-20/h5-14,16H,4,15,17-18H2,1-3H3/b28-13-. The molecule has 6 rings (SSSR count). The van der Waals surface area contributed by atoms with Gasteiger partial charge in [0, 0.05) is 42.3 Å². The van der Waals surface area contributed by atoms with Crippen LogP contribution in [0.15, 0.2) is 66.6 Å². The SMILES string of the molecule is CCn1cc(/C=C2\Oc3c(ccc4c3CN(Cc3ccc(C)cc3)CO4)C2=O)c2cc(OC)ccc21. The molecule has 0 radical (unpaired) electrons. The summed E-state index contributed by atoms with van der Waals surface area (Å²) < 4.78 is 19.9. The van der Waals surface area contributed by atoms with Gasteiger partial charge in [0.05, 0.1) is 18.2 Å². The van der Waals surface area contributed by atoms with E-state index in [2.05, 4.69) is 53.8 Å². The number of allylic oxidation sites excluding steroid dienone is 1. The first-order valence-electron chi connectivity index (χ1n) is 12.2. The zero-order valence-corrected chi connectivity index (χ0v) is 20.7. The average Bonchev–Trinajstić information content (AvgIpc) is 3.42. The minimum absolute atomic E-state index is 0.108. The highest BCUT2D eigenvalue weighted by atomic mass is 16.5. The van der Waals surface area contributed by atoms with Crippen LogP contribution in [0.25, 0.3) is 17.0 Å². The average molecular weight is 481 g/mol. The van der Waals surface area contributed by atoms with Crippen LogP contribution in [0.4, 0.5) is 0 Å². The lowest BCUT2D eigenvalue weighted by atomic mass is 10.0. The largest absolute Gasteiger partial charge is 0.497 e. The number of hydrogen-bond donors (Lipinski definition) is 0. The van der Waals surface area contributed by atoms with Crippen molar-refractivity contribution in [2.45, 2.75) is 33.5 Å². The quantitative estimate of drug-likeness (QED) is 0.331. The highest BCUT2D eigenvalue weighted by Gasteiger charge is 2.34. The molecule has 0 amide bonds. The molecule has 0 bridgehead atoms. The van der Waals surface area contributed by atoms with E-state index in [-0.39, 0.29) is 5.78 Å². The number of carbonyl (C=O) groups excluding carboxylic acids is 1. The van der Waals surface area contributed by atoms with E-state index in [1.165, 1.54) is 11.1 Å². The van der Waals surface area contributed by atoms with Gasteiger partial charge >= 0.3 is 0 Å². The van der Waals surface area contributed by atoms with Crippen molar-refractivity contribution in [3.8, 4) is 17.2 Å². The van der Waals surface area contributed by atoms with Crippen molar-refractivity contribution in [3.05, 3.63) is 94.4 Å². The molecule has 0 fully saturated rings. The number of hydrogen-bond acceptors (Lipinski definition) is 5. The molecule has 6 heteroatoms. The molecular weight excluding hydrogens is 452 g/mol. The number of aromatic nitrogens is 1. The Labute approximate surface area is 210 Å². The molecule has 0 atom stereocenters. The smallest absolute Gasteiger partial charge is 0.231 e. The van der Waals surface area contributed by atoms with Gasteiger partial charge in [-0.1, -0.05) is 29.8 Å². The molecule has 36 heavy (non-hydrogen) atoms. The van der Waals surface area contributed by atoms with E-state index in [4.69, 9.17) is 14.2 Å². The summed E-state index contributed by atoms with van der Waals surface area (Å²) >= 11 is 0. The van der Waals surface area contributed by atoms with E-state index in [1.807, 2.05) is 36.4 Å². The van der Waals surface area contributed by atoms with Gasteiger partial charge in [0.1, 0.15) is 24.0 Å². The minimum atomic E-state index is -0.108. The fraction of sp³-hybridized carbons (Fsp3) is 0.233. The predicted molar refractivity (Wildman–Crippen MR) is 139 cm³/mol. The third kappa shape index (κ3) is 3.84. The van der Waals surface area contributed by atoms with Gasteiger partial charge < -0.3 is 18.8 Å². The molecule has 6 nitrogen and oxygen atoms in total. The van der Waals surface area contributed by atoms with Gasteiger partial charge in [-0.25, -0.2) is 0 Å². The molecule has 1 aromatic heterocycles. The second-order valence-corrected chi connectivity index (χ2v) is 9.36. The summed E-state index contributed by atoms with van der Waals surface area (Å²) in [6.45, 7) is 6.92. The Balaban J connectivity index is 1.32. The monoisotopic (exact) mass is 480 g/mol. The van der Waals surface area contributed by atoms with Crippen LogP contribution in [-0.4, -0.2) is 29.1 Å². The van der Waals surface area contributed by atoms with Crippen LogP contribution in [0.1, 0.15) is 39.5 Å². The molecule has 0 N–H and O–H groups in total. The molecule has 182 valence electrons. The number of Topliss-reactive ketones (excluding diaryl/α,β-unsaturated/α-hetero) is 1. The Morgan fingerprint density at radius 2 is 1.92 bits per heavy atom. The van der Waals surface area contributed by atoms with Crippen LogP contribution >= 0.6 is 0 Å². The van der Waals surface area contributed by atoms with E-state index < -0.39 is 0 Å². The van der Waals surface area contributed by atoms with E-state index in [0.29, 0.717) is 30.3 Å². The second-order valence-electron chi connectivity index (χ2n) is 9.36. The van der Waals surface area contributed by atoms with Gasteiger partial charge in [-0.15, -0.1) is 0 Å². The molecule has 2 aliphatic rings. The Hall–Kier alpha value is -4.03. The third-order valence-corrected chi connectivity index (χ3v) is 6.96. The number of aryl methyl sites for hydroxylation is 2. The number of methoxy groups -OCH3 is 1. The first kappa shape index (κ1) is 22.4. The van der Waals surface area contributed by atoms with Crippen LogP contribution in [0.5, 0.6) is 17.2 Å². The molecular formula is C30H28N2O4. The first-order valence-corrected chi connectivity index (χ1v) is 12.2. The van der Waals surface area contributed by atoms with Crippen molar-refractivity contribution >= 4 is 22.8 Å². The number of benzene rings is 3. The summed E-state index contributed by atoms with van der Waals surface area (Å²) in [5.74, 6) is 2.37. The first-order chi connectivity index (χ1) is 17.5. The number of ketones is 1. The Bertz CT molecular complexity index is 1510. The van der Waals surface area contributed by atoms with Crippen molar-refractivity contribution in [1.29, 1.82) is 0 Å². The lowest BCUT2D eigenvalue weighted by molar-refractivity contribution is 0.0873. The summed E-state index contributed by atoms with van der Waals surface area (Å²) in [5, 5.41) is 1.02. The van der Waals surface area contributed by atoms with Gasteiger partial charge in [-0.05, 0) is 55.8 Å². The molecule has 0 spiro atoms. The normalized spacial score (nSPS) is 16.1. The summed E-state index contributed by atoms with van der Waals surface area (Å²) in [7, 11) is 1.66. The topological polar surface area (TPSA) is 52.9 Å². The van der Waals surface area contributed by atoms with Crippen LogP contribution in [0.3, 0.4) is 0 Å². The van der Waals surface area contributed by atoms with Crippen molar-refractivity contribution in [1.82, 2.24) is 9.47 Å². The molecule has 3 aromatic carbocycles. The Kier molecular flexibility index (Phi) is 5.53. The van der Waals surface area contributed by atoms with Crippen molar-refractivity contribution in [2.24, 2.45) is 0 Å². The van der Waals surface area contributed by atoms with Gasteiger partial charge in [-0.2, -0.15) is 0 Å². The highest BCUT2D eigenvalue weighted by Crippen LogP contribution is 2.42. The minimum Gasteiger partial charge on any atom is -0.497 e. The predicted octanol–water partition coefficient (Wildman–Crippen LogP) is 5.95. The molecule has 2 aliphatic heterocycles. The summed E-state index contributed by atoms with van der Waals surface area (Å²) in [6, 6.07) is 18.2. The number of ether oxygens (including phenoxy) is 3. The van der Waals surface area contributed by atoms with E-state index in [1.54, 1.807) is 7.11 Å².